The summed E-state index contributed by atoms with van der Waals surface area (Å²) < 4.78 is -0.0236. The van der Waals surface area contributed by atoms with Crippen LogP contribution in [0, 0.1) is 0 Å². The average Bonchev–Trinajstić information content (AvgIpc) is 2.03. The van der Waals surface area contributed by atoms with Crippen molar-refractivity contribution < 1.29 is 9.90 Å². The lowest BCUT2D eigenvalue weighted by Crippen LogP contribution is -2.22. The summed E-state index contributed by atoms with van der Waals surface area (Å²) in [4.78, 5) is 14.2. The zero-order chi connectivity index (χ0) is 9.41. The summed E-state index contributed by atoms with van der Waals surface area (Å²) in [6.45, 7) is 5.93. The minimum atomic E-state index is -0.792. The van der Waals surface area contributed by atoms with Gasteiger partial charge in [0.2, 0.25) is 0 Å². The van der Waals surface area contributed by atoms with Crippen molar-refractivity contribution in [1.82, 2.24) is 0 Å². The van der Waals surface area contributed by atoms with Crippen LogP contribution in [0.4, 0.5) is 0 Å². The number of aliphatic imine (C=N–C) groups is 1. The molecule has 68 valence electrons. The normalized spacial score (nSPS) is 32.2. The van der Waals surface area contributed by atoms with Crippen LogP contribution in [0.5, 0.6) is 0 Å². The first kappa shape index (κ1) is 9.58. The van der Waals surface area contributed by atoms with Crippen LogP contribution >= 0.6 is 11.8 Å². The highest BCUT2D eigenvalue weighted by Gasteiger charge is 2.38. The maximum atomic E-state index is 10.5. The Labute approximate surface area is 76.3 Å². The van der Waals surface area contributed by atoms with Crippen LogP contribution in [0.25, 0.3) is 0 Å². The molecule has 0 spiro atoms. The third kappa shape index (κ3) is 2.24. The predicted octanol–water partition coefficient (Wildman–Crippen LogP) is 1.77. The van der Waals surface area contributed by atoms with E-state index in [0.717, 1.165) is 0 Å². The van der Waals surface area contributed by atoms with E-state index < -0.39 is 10.8 Å². The van der Waals surface area contributed by atoms with Gasteiger partial charge in [0.15, 0.2) is 0 Å². The molecule has 0 aromatic rings. The first-order valence-electron chi connectivity index (χ1n) is 3.81. The molecule has 12 heavy (non-hydrogen) atoms. The van der Waals surface area contributed by atoms with Gasteiger partial charge in [-0.05, 0) is 20.8 Å². The van der Waals surface area contributed by atoms with E-state index in [-0.39, 0.29) is 11.2 Å². The summed E-state index contributed by atoms with van der Waals surface area (Å²) in [5.74, 6) is -0.792. The number of carbonyl (C=O) groups is 1. The molecule has 1 rings (SSSR count). The van der Waals surface area contributed by atoms with E-state index in [1.165, 1.54) is 0 Å². The topological polar surface area (TPSA) is 49.7 Å². The van der Waals surface area contributed by atoms with Crippen molar-refractivity contribution >= 4 is 23.9 Å². The van der Waals surface area contributed by atoms with Gasteiger partial charge < -0.3 is 5.11 Å². The Morgan fingerprint density at radius 3 is 2.50 bits per heavy atom. The van der Waals surface area contributed by atoms with Gasteiger partial charge >= 0.3 is 5.97 Å². The van der Waals surface area contributed by atoms with Gasteiger partial charge in [-0.1, -0.05) is 0 Å². The second-order valence-corrected chi connectivity index (χ2v) is 5.85. The number of thioether (sulfide) groups is 1. The number of carboxylic acid groups (broad SMARTS) is 1. The number of nitrogens with zero attached hydrogens (tertiary/aromatic N) is 1. The second-order valence-electron chi connectivity index (χ2n) is 3.71. The third-order valence-corrected chi connectivity index (χ3v) is 2.93. The van der Waals surface area contributed by atoms with E-state index in [4.69, 9.17) is 5.11 Å². The highest BCUT2D eigenvalue weighted by atomic mass is 32.2. The predicted molar refractivity (Wildman–Crippen MR) is 50.8 cm³/mol. The van der Waals surface area contributed by atoms with Crippen molar-refractivity contribution in [1.29, 1.82) is 0 Å². The molecule has 0 saturated carbocycles. The minimum absolute atomic E-state index is 0.0236. The lowest BCUT2D eigenvalue weighted by atomic mass is 10.2. The number of hydrogen-bond donors (Lipinski definition) is 1. The molecule has 1 unspecified atom stereocenters. The van der Waals surface area contributed by atoms with Gasteiger partial charge in [0.25, 0.3) is 0 Å². The summed E-state index contributed by atoms with van der Waals surface area (Å²) in [7, 11) is 0. The molecule has 0 bridgehead atoms. The molecular formula is C8H13NO2S. The summed E-state index contributed by atoms with van der Waals surface area (Å²) >= 11 is 1.60. The molecule has 0 aromatic heterocycles. The maximum absolute atomic E-state index is 10.5. The fourth-order valence-electron chi connectivity index (χ4n) is 1.27. The smallest absolute Gasteiger partial charge is 0.306 e. The number of hydrogen-bond acceptors (Lipinski definition) is 3. The van der Waals surface area contributed by atoms with Crippen LogP contribution in [0.3, 0.4) is 0 Å². The Bertz CT molecular complexity index is 237. The third-order valence-electron chi connectivity index (χ3n) is 1.61. The quantitative estimate of drug-likeness (QED) is 0.716. The fraction of sp³-hybridized carbons (Fsp3) is 0.750. The number of aliphatic carboxylic acids is 1. The Balaban J connectivity index is 2.67. The van der Waals surface area contributed by atoms with Crippen LogP contribution in [-0.4, -0.2) is 26.9 Å². The van der Waals surface area contributed by atoms with Crippen LogP contribution in [-0.2, 0) is 4.79 Å². The molecule has 3 nitrogen and oxygen atoms in total. The molecule has 1 aliphatic rings. The van der Waals surface area contributed by atoms with E-state index in [1.54, 1.807) is 11.8 Å². The van der Waals surface area contributed by atoms with E-state index in [1.807, 2.05) is 27.0 Å². The van der Waals surface area contributed by atoms with Crippen molar-refractivity contribution in [3.63, 3.8) is 0 Å². The Kier molecular flexibility index (Phi) is 2.21. The average molecular weight is 187 g/mol. The molecule has 0 amide bonds. The first-order chi connectivity index (χ1) is 5.33. The molecule has 1 heterocycles. The standard InChI is InChI=1S/C8H13NO2S/c1-7(2)5-9-8(3,12-7)4-6(10)11/h5H,4H2,1-3H3,(H,10,11). The van der Waals surface area contributed by atoms with Gasteiger partial charge in [-0.25, -0.2) is 0 Å². The first-order valence-corrected chi connectivity index (χ1v) is 4.63. The molecule has 0 fully saturated rings. The van der Waals surface area contributed by atoms with Gasteiger partial charge in [0.05, 0.1) is 6.42 Å². The van der Waals surface area contributed by atoms with Crippen LogP contribution in [0.1, 0.15) is 27.2 Å². The van der Waals surface area contributed by atoms with Crippen LogP contribution in [0.2, 0.25) is 0 Å². The summed E-state index contributed by atoms with van der Waals surface area (Å²) in [5.41, 5.74) is 0. The molecule has 0 aliphatic carbocycles. The van der Waals surface area contributed by atoms with Gasteiger partial charge in [-0.2, -0.15) is 0 Å². The van der Waals surface area contributed by atoms with Crippen molar-refractivity contribution in [2.24, 2.45) is 4.99 Å². The van der Waals surface area contributed by atoms with Gasteiger partial charge in [-0.3, -0.25) is 9.79 Å². The summed E-state index contributed by atoms with van der Waals surface area (Å²) in [5, 5.41) is 8.62. The largest absolute Gasteiger partial charge is 0.481 e. The molecular weight excluding hydrogens is 174 g/mol. The molecule has 1 N–H and O–H groups in total. The zero-order valence-electron chi connectivity index (χ0n) is 7.50. The highest BCUT2D eigenvalue weighted by molar-refractivity contribution is 8.02. The SMILES string of the molecule is CC1(C)C=NC(C)(CC(=O)O)S1. The van der Waals surface area contributed by atoms with Gasteiger partial charge in [-0.15, -0.1) is 11.8 Å². The highest BCUT2D eigenvalue weighted by Crippen LogP contribution is 2.43. The van der Waals surface area contributed by atoms with E-state index in [9.17, 15) is 4.79 Å². The zero-order valence-corrected chi connectivity index (χ0v) is 8.31. The Morgan fingerprint density at radius 1 is 1.58 bits per heavy atom. The van der Waals surface area contributed by atoms with Crippen molar-refractivity contribution in [2.45, 2.75) is 36.8 Å². The number of rotatable bonds is 2. The Morgan fingerprint density at radius 2 is 2.17 bits per heavy atom. The van der Waals surface area contributed by atoms with Crippen molar-refractivity contribution in [2.75, 3.05) is 0 Å². The molecule has 4 heteroatoms. The summed E-state index contributed by atoms with van der Waals surface area (Å²) in [6.07, 6.45) is 1.93. The van der Waals surface area contributed by atoms with Gasteiger partial charge in [0, 0.05) is 11.0 Å². The van der Waals surface area contributed by atoms with Crippen molar-refractivity contribution in [3.8, 4) is 0 Å². The molecule has 0 saturated heterocycles. The lowest BCUT2D eigenvalue weighted by molar-refractivity contribution is -0.137. The molecule has 0 aromatic carbocycles. The Hall–Kier alpha value is -0.510. The van der Waals surface area contributed by atoms with Crippen LogP contribution in [0.15, 0.2) is 4.99 Å². The minimum Gasteiger partial charge on any atom is -0.481 e. The molecule has 1 atom stereocenters. The maximum Gasteiger partial charge on any atom is 0.306 e. The van der Waals surface area contributed by atoms with Crippen LogP contribution < -0.4 is 0 Å². The monoisotopic (exact) mass is 187 g/mol. The second kappa shape index (κ2) is 2.76. The number of carboxylic acids is 1. The van der Waals surface area contributed by atoms with E-state index in [0.29, 0.717) is 0 Å². The van der Waals surface area contributed by atoms with E-state index >= 15 is 0 Å². The van der Waals surface area contributed by atoms with Crippen molar-refractivity contribution in [3.05, 3.63) is 0 Å². The van der Waals surface area contributed by atoms with Gasteiger partial charge in [0.1, 0.15) is 4.87 Å². The van der Waals surface area contributed by atoms with E-state index in [2.05, 4.69) is 4.99 Å². The summed E-state index contributed by atoms with van der Waals surface area (Å²) in [6, 6.07) is 0. The molecule has 0 radical (unpaired) electrons. The fourth-order valence-corrected chi connectivity index (χ4v) is 2.81. The lowest BCUT2D eigenvalue weighted by Gasteiger charge is -2.22. The molecule has 1 aliphatic heterocycles.